The lowest BCUT2D eigenvalue weighted by Crippen LogP contribution is -2.37. The molecule has 106 valence electrons. The average Bonchev–Trinajstić information content (AvgIpc) is 2.34. The molecule has 0 aliphatic heterocycles. The normalized spacial score (nSPS) is 12.5. The predicted octanol–water partition coefficient (Wildman–Crippen LogP) is 1.32. The minimum Gasteiger partial charge on any atom is -0.396 e. The second-order valence-electron chi connectivity index (χ2n) is 4.64. The van der Waals surface area contributed by atoms with Crippen molar-refractivity contribution in [2.24, 2.45) is 0 Å². The van der Waals surface area contributed by atoms with Crippen LogP contribution in [0.2, 0.25) is 0 Å². The van der Waals surface area contributed by atoms with Crippen LogP contribution >= 0.6 is 0 Å². The first-order valence-electron chi connectivity index (χ1n) is 6.36. The fraction of sp³-hybridized carbons (Fsp3) is 0.500. The minimum atomic E-state index is -0.509. The van der Waals surface area contributed by atoms with Crippen molar-refractivity contribution in [2.45, 2.75) is 18.9 Å². The van der Waals surface area contributed by atoms with E-state index >= 15 is 0 Å². The van der Waals surface area contributed by atoms with Crippen LogP contribution in [0.4, 0.5) is 4.39 Å². The van der Waals surface area contributed by atoms with Crippen molar-refractivity contribution in [1.29, 1.82) is 0 Å². The van der Waals surface area contributed by atoms with Crippen LogP contribution in [-0.2, 0) is 4.79 Å². The molecule has 1 unspecified atom stereocenters. The summed E-state index contributed by atoms with van der Waals surface area (Å²) in [6.07, 6.45) is 1.39. The zero-order chi connectivity index (χ0) is 14.3. The van der Waals surface area contributed by atoms with Gasteiger partial charge in [-0.2, -0.15) is 0 Å². The first kappa shape index (κ1) is 15.6. The van der Waals surface area contributed by atoms with Crippen molar-refractivity contribution in [3.8, 4) is 0 Å². The molecule has 2 N–H and O–H groups in total. The number of amides is 1. The van der Waals surface area contributed by atoms with Crippen LogP contribution in [0, 0.1) is 5.82 Å². The average molecular weight is 268 g/mol. The topological polar surface area (TPSA) is 52.6 Å². The van der Waals surface area contributed by atoms with Crippen LogP contribution in [0.25, 0.3) is 0 Å². The summed E-state index contributed by atoms with van der Waals surface area (Å²) in [5.74, 6) is -0.508. The SMILES string of the molecule is CN(C)C(C(=O)NCCCCO)c1cccc(F)c1. The highest BCUT2D eigenvalue weighted by molar-refractivity contribution is 5.83. The van der Waals surface area contributed by atoms with Crippen LogP contribution in [-0.4, -0.2) is 43.2 Å². The van der Waals surface area contributed by atoms with E-state index in [1.807, 2.05) is 0 Å². The number of likely N-dealkylation sites (N-methyl/N-ethyl adjacent to an activating group) is 1. The lowest BCUT2D eigenvalue weighted by molar-refractivity contribution is -0.125. The molecule has 4 nitrogen and oxygen atoms in total. The minimum absolute atomic E-state index is 0.122. The standard InChI is InChI=1S/C14H21FN2O2/c1-17(2)13(11-6-5-7-12(15)10-11)14(19)16-8-3-4-9-18/h5-7,10,13,18H,3-4,8-9H2,1-2H3,(H,16,19). The summed E-state index contributed by atoms with van der Waals surface area (Å²) in [6, 6.07) is 5.55. The van der Waals surface area contributed by atoms with Crippen LogP contribution in [0.15, 0.2) is 24.3 Å². The molecule has 0 aliphatic rings. The second-order valence-corrected chi connectivity index (χ2v) is 4.64. The number of halogens is 1. The first-order valence-corrected chi connectivity index (χ1v) is 6.36. The summed E-state index contributed by atoms with van der Waals surface area (Å²) >= 11 is 0. The molecule has 0 heterocycles. The van der Waals surface area contributed by atoms with Gasteiger partial charge in [0, 0.05) is 13.2 Å². The second kappa shape index (κ2) is 7.86. The van der Waals surface area contributed by atoms with Crippen LogP contribution in [0.1, 0.15) is 24.4 Å². The number of unbranched alkanes of at least 4 members (excludes halogenated alkanes) is 1. The molecule has 0 aromatic heterocycles. The van der Waals surface area contributed by atoms with Crippen molar-refractivity contribution < 1.29 is 14.3 Å². The van der Waals surface area contributed by atoms with Crippen molar-refractivity contribution in [1.82, 2.24) is 10.2 Å². The van der Waals surface area contributed by atoms with Crippen LogP contribution in [0.3, 0.4) is 0 Å². The Morgan fingerprint density at radius 2 is 2.16 bits per heavy atom. The van der Waals surface area contributed by atoms with Crippen LogP contribution < -0.4 is 5.32 Å². The first-order chi connectivity index (χ1) is 9.06. The number of aliphatic hydroxyl groups is 1. The number of hydrogen-bond acceptors (Lipinski definition) is 3. The molecule has 1 atom stereocenters. The van der Waals surface area contributed by atoms with E-state index in [9.17, 15) is 9.18 Å². The highest BCUT2D eigenvalue weighted by atomic mass is 19.1. The van der Waals surface area contributed by atoms with Crippen molar-refractivity contribution in [3.05, 3.63) is 35.6 Å². The van der Waals surface area contributed by atoms with Crippen molar-refractivity contribution in [3.63, 3.8) is 0 Å². The van der Waals surface area contributed by atoms with Gasteiger partial charge >= 0.3 is 0 Å². The maximum absolute atomic E-state index is 13.2. The Kier molecular flexibility index (Phi) is 6.45. The Balaban J connectivity index is 2.69. The van der Waals surface area contributed by atoms with E-state index < -0.39 is 6.04 Å². The third kappa shape index (κ3) is 4.96. The third-order valence-electron chi connectivity index (χ3n) is 2.81. The maximum Gasteiger partial charge on any atom is 0.241 e. The fourth-order valence-electron chi connectivity index (χ4n) is 1.91. The number of aliphatic hydroxyl groups excluding tert-OH is 1. The predicted molar refractivity (Wildman–Crippen MR) is 72.2 cm³/mol. The number of carbonyl (C=O) groups is 1. The molecule has 19 heavy (non-hydrogen) atoms. The van der Waals surface area contributed by atoms with Gasteiger partial charge in [-0.3, -0.25) is 9.69 Å². The summed E-state index contributed by atoms with van der Waals surface area (Å²) in [5, 5.41) is 11.5. The van der Waals surface area contributed by atoms with Gasteiger partial charge in [0.25, 0.3) is 0 Å². The monoisotopic (exact) mass is 268 g/mol. The number of nitrogens with zero attached hydrogens (tertiary/aromatic N) is 1. The molecule has 0 spiro atoms. The maximum atomic E-state index is 13.2. The van der Waals surface area contributed by atoms with Crippen LogP contribution in [0.5, 0.6) is 0 Å². The Bertz CT molecular complexity index is 410. The van der Waals surface area contributed by atoms with Gasteiger partial charge in [0.15, 0.2) is 0 Å². The molecule has 5 heteroatoms. The van der Waals surface area contributed by atoms with E-state index in [1.54, 1.807) is 31.1 Å². The Hall–Kier alpha value is -1.46. The number of carbonyl (C=O) groups excluding carboxylic acids is 1. The summed E-state index contributed by atoms with van der Waals surface area (Å²) in [6.45, 7) is 0.635. The van der Waals surface area contributed by atoms with Gasteiger partial charge in [-0.15, -0.1) is 0 Å². The quantitative estimate of drug-likeness (QED) is 0.733. The molecule has 1 aromatic carbocycles. The van der Waals surface area contributed by atoms with Crippen molar-refractivity contribution in [2.75, 3.05) is 27.2 Å². The number of hydrogen-bond donors (Lipinski definition) is 2. The smallest absolute Gasteiger partial charge is 0.241 e. The van der Waals surface area contributed by atoms with Gasteiger partial charge in [-0.05, 0) is 44.6 Å². The van der Waals surface area contributed by atoms with E-state index in [1.165, 1.54) is 12.1 Å². The Labute approximate surface area is 113 Å². The van der Waals surface area contributed by atoms with Gasteiger partial charge < -0.3 is 10.4 Å². The number of nitrogens with one attached hydrogen (secondary N) is 1. The molecule has 0 radical (unpaired) electrons. The largest absolute Gasteiger partial charge is 0.396 e. The molecule has 0 bridgehead atoms. The molecule has 0 fully saturated rings. The number of benzene rings is 1. The molecule has 1 rings (SSSR count). The molecule has 1 amide bonds. The lowest BCUT2D eigenvalue weighted by atomic mass is 10.1. The fourth-order valence-corrected chi connectivity index (χ4v) is 1.91. The van der Waals surface area contributed by atoms with E-state index in [0.717, 1.165) is 6.42 Å². The molecular weight excluding hydrogens is 247 g/mol. The van der Waals surface area contributed by atoms with E-state index in [2.05, 4.69) is 5.32 Å². The van der Waals surface area contributed by atoms with E-state index in [0.29, 0.717) is 18.5 Å². The third-order valence-corrected chi connectivity index (χ3v) is 2.81. The summed E-state index contributed by atoms with van der Waals surface area (Å²) in [5.41, 5.74) is 0.629. The summed E-state index contributed by atoms with van der Waals surface area (Å²) in [4.78, 5) is 13.9. The molecule has 0 saturated heterocycles. The highest BCUT2D eigenvalue weighted by Gasteiger charge is 2.22. The van der Waals surface area contributed by atoms with Gasteiger partial charge in [-0.25, -0.2) is 4.39 Å². The van der Waals surface area contributed by atoms with E-state index in [4.69, 9.17) is 5.11 Å². The van der Waals surface area contributed by atoms with Gasteiger partial charge in [-0.1, -0.05) is 12.1 Å². The summed E-state index contributed by atoms with van der Waals surface area (Å²) < 4.78 is 13.2. The lowest BCUT2D eigenvalue weighted by Gasteiger charge is -2.23. The van der Waals surface area contributed by atoms with Gasteiger partial charge in [0.1, 0.15) is 11.9 Å². The Morgan fingerprint density at radius 1 is 1.42 bits per heavy atom. The molecule has 0 saturated carbocycles. The molecule has 1 aromatic rings. The van der Waals surface area contributed by atoms with Crippen molar-refractivity contribution >= 4 is 5.91 Å². The zero-order valence-corrected chi connectivity index (χ0v) is 11.4. The highest BCUT2D eigenvalue weighted by Crippen LogP contribution is 2.19. The summed E-state index contributed by atoms with van der Waals surface area (Å²) in [7, 11) is 3.56. The molecule has 0 aliphatic carbocycles. The van der Waals surface area contributed by atoms with Gasteiger partial charge in [0.2, 0.25) is 5.91 Å². The van der Waals surface area contributed by atoms with Gasteiger partial charge in [0.05, 0.1) is 0 Å². The number of rotatable bonds is 7. The molecular formula is C14H21FN2O2. The Morgan fingerprint density at radius 3 is 2.74 bits per heavy atom. The zero-order valence-electron chi connectivity index (χ0n) is 11.4. The van der Waals surface area contributed by atoms with E-state index in [-0.39, 0.29) is 18.3 Å².